The van der Waals surface area contributed by atoms with Crippen LogP contribution in [-0.4, -0.2) is 34.0 Å². The van der Waals surface area contributed by atoms with Gasteiger partial charge in [-0.1, -0.05) is 57.5 Å². The number of hydrogen-bond acceptors (Lipinski definition) is 6. The molecule has 1 aliphatic heterocycles. The Balaban J connectivity index is 1.03. The van der Waals surface area contributed by atoms with Crippen molar-refractivity contribution >= 4 is 21.8 Å². The molecule has 1 N–H and O–H groups in total. The van der Waals surface area contributed by atoms with Gasteiger partial charge in [-0.05, 0) is 73.5 Å². The van der Waals surface area contributed by atoms with Crippen molar-refractivity contribution < 1.29 is 18.4 Å². The molecule has 0 unspecified atom stereocenters. The van der Waals surface area contributed by atoms with Crippen molar-refractivity contribution in [1.29, 1.82) is 0 Å². The number of amides is 1. The Morgan fingerprint density at radius 3 is 2.53 bits per heavy atom. The molecule has 1 saturated heterocycles. The highest BCUT2D eigenvalue weighted by Gasteiger charge is 2.26. The molecule has 0 radical (unpaired) electrons. The van der Waals surface area contributed by atoms with Crippen LogP contribution in [-0.2, 0) is 24.5 Å². The van der Waals surface area contributed by atoms with Crippen LogP contribution in [0, 0.1) is 11.7 Å². The first-order chi connectivity index (χ1) is 18.5. The molecular formula is C29H28BrFN4O3. The number of piperidine rings is 1. The highest BCUT2D eigenvalue weighted by atomic mass is 79.9. The van der Waals surface area contributed by atoms with Gasteiger partial charge in [-0.15, -0.1) is 0 Å². The first-order valence-electron chi connectivity index (χ1n) is 12.6. The molecule has 0 aliphatic carbocycles. The molecule has 4 aromatic rings. The number of nitrogens with one attached hydrogen (secondary N) is 1. The molecule has 7 nitrogen and oxygen atoms in total. The quantitative estimate of drug-likeness (QED) is 0.272. The van der Waals surface area contributed by atoms with Crippen LogP contribution in [0.3, 0.4) is 0 Å². The zero-order valence-corrected chi connectivity index (χ0v) is 22.4. The van der Waals surface area contributed by atoms with E-state index in [4.69, 9.17) is 9.26 Å². The molecular weight excluding hydrogens is 551 g/mol. The van der Waals surface area contributed by atoms with Crippen LogP contribution in [0.4, 0.5) is 4.39 Å². The van der Waals surface area contributed by atoms with Crippen LogP contribution in [0.5, 0.6) is 5.75 Å². The predicted molar refractivity (Wildman–Crippen MR) is 144 cm³/mol. The number of benzene rings is 3. The van der Waals surface area contributed by atoms with E-state index in [9.17, 15) is 9.18 Å². The summed E-state index contributed by atoms with van der Waals surface area (Å²) in [7, 11) is 0. The second-order valence-corrected chi connectivity index (χ2v) is 10.3. The van der Waals surface area contributed by atoms with Gasteiger partial charge in [-0.3, -0.25) is 9.69 Å². The molecule has 1 fully saturated rings. The predicted octanol–water partition coefficient (Wildman–Crippen LogP) is 5.75. The number of hydrogen-bond donors (Lipinski definition) is 1. The van der Waals surface area contributed by atoms with Crippen molar-refractivity contribution in [3.8, 4) is 17.1 Å². The van der Waals surface area contributed by atoms with E-state index in [2.05, 4.69) is 36.3 Å². The lowest BCUT2D eigenvalue weighted by Crippen LogP contribution is -2.40. The Bertz CT molecular complexity index is 1350. The maximum absolute atomic E-state index is 13.0. The summed E-state index contributed by atoms with van der Waals surface area (Å²) in [6, 6.07) is 21.7. The zero-order valence-electron chi connectivity index (χ0n) is 20.8. The largest absolute Gasteiger partial charge is 0.489 e. The van der Waals surface area contributed by atoms with E-state index in [1.807, 2.05) is 48.5 Å². The van der Waals surface area contributed by atoms with Crippen molar-refractivity contribution in [2.45, 2.75) is 32.5 Å². The average molecular weight is 579 g/mol. The van der Waals surface area contributed by atoms with Gasteiger partial charge in [0.2, 0.25) is 17.6 Å². The van der Waals surface area contributed by atoms with E-state index in [1.54, 1.807) is 12.1 Å². The van der Waals surface area contributed by atoms with E-state index in [0.717, 1.165) is 52.8 Å². The molecule has 0 bridgehead atoms. The van der Waals surface area contributed by atoms with Crippen LogP contribution in [0.15, 0.2) is 81.8 Å². The third-order valence-electron chi connectivity index (χ3n) is 6.58. The number of carbonyl (C=O) groups excluding carboxylic acids is 1. The molecule has 38 heavy (non-hydrogen) atoms. The standard InChI is InChI=1S/C29H28BrFN4O3/c30-24-3-1-2-23(16-24)28-33-27(38-34-28)18-35-14-12-22(13-15-35)29(36)32-17-20-6-10-26(11-7-20)37-19-21-4-8-25(31)9-5-21/h1-11,16,22H,12-15,17-19H2,(H,32,36). The topological polar surface area (TPSA) is 80.5 Å². The summed E-state index contributed by atoms with van der Waals surface area (Å²) in [5, 5.41) is 7.17. The van der Waals surface area contributed by atoms with Crippen LogP contribution in [0.2, 0.25) is 0 Å². The van der Waals surface area contributed by atoms with Crippen LogP contribution in [0.1, 0.15) is 29.9 Å². The van der Waals surface area contributed by atoms with Gasteiger partial charge >= 0.3 is 0 Å². The van der Waals surface area contributed by atoms with Gasteiger partial charge in [0.25, 0.3) is 0 Å². The number of carbonyl (C=O) groups is 1. The molecule has 1 aliphatic rings. The van der Waals surface area contributed by atoms with Gasteiger partial charge in [-0.25, -0.2) is 4.39 Å². The Labute approximate surface area is 229 Å². The minimum atomic E-state index is -0.263. The van der Waals surface area contributed by atoms with Gasteiger partial charge in [0.1, 0.15) is 18.2 Å². The third-order valence-corrected chi connectivity index (χ3v) is 7.07. The van der Waals surface area contributed by atoms with E-state index >= 15 is 0 Å². The molecule has 2 heterocycles. The fourth-order valence-electron chi connectivity index (χ4n) is 4.39. The van der Waals surface area contributed by atoms with Crippen LogP contribution >= 0.6 is 15.9 Å². The van der Waals surface area contributed by atoms with E-state index < -0.39 is 0 Å². The minimum Gasteiger partial charge on any atom is -0.489 e. The first-order valence-corrected chi connectivity index (χ1v) is 13.4. The Morgan fingerprint density at radius 2 is 1.79 bits per heavy atom. The zero-order chi connectivity index (χ0) is 26.3. The number of halogens is 2. The smallest absolute Gasteiger partial charge is 0.241 e. The van der Waals surface area contributed by atoms with Crippen molar-refractivity contribution in [2.75, 3.05) is 13.1 Å². The van der Waals surface area contributed by atoms with Gasteiger partial charge in [0.05, 0.1) is 6.54 Å². The van der Waals surface area contributed by atoms with Crippen molar-refractivity contribution in [1.82, 2.24) is 20.4 Å². The molecule has 196 valence electrons. The molecule has 1 amide bonds. The van der Waals surface area contributed by atoms with Gasteiger partial charge in [0.15, 0.2) is 0 Å². The second-order valence-electron chi connectivity index (χ2n) is 9.35. The SMILES string of the molecule is O=C(NCc1ccc(OCc2ccc(F)cc2)cc1)C1CCN(Cc2nc(-c3cccc(Br)c3)no2)CC1. The summed E-state index contributed by atoms with van der Waals surface area (Å²) in [6.45, 7) is 3.01. The number of aromatic nitrogens is 2. The summed E-state index contributed by atoms with van der Waals surface area (Å²) in [5.74, 6) is 1.68. The third kappa shape index (κ3) is 7.05. The number of nitrogens with zero attached hydrogens (tertiary/aromatic N) is 3. The van der Waals surface area contributed by atoms with Crippen LogP contribution in [0.25, 0.3) is 11.4 Å². The molecule has 1 aromatic heterocycles. The fraction of sp³-hybridized carbons (Fsp3) is 0.276. The lowest BCUT2D eigenvalue weighted by Gasteiger charge is -2.30. The highest BCUT2D eigenvalue weighted by molar-refractivity contribution is 9.10. The molecule has 0 saturated carbocycles. The fourth-order valence-corrected chi connectivity index (χ4v) is 4.79. The summed E-state index contributed by atoms with van der Waals surface area (Å²) in [5.41, 5.74) is 2.80. The Morgan fingerprint density at radius 1 is 1.05 bits per heavy atom. The van der Waals surface area contributed by atoms with Gasteiger partial charge in [-0.2, -0.15) is 4.98 Å². The number of likely N-dealkylation sites (tertiary alicyclic amines) is 1. The van der Waals surface area contributed by atoms with E-state index in [0.29, 0.717) is 31.4 Å². The Kier molecular flexibility index (Phi) is 8.45. The summed E-state index contributed by atoms with van der Waals surface area (Å²) in [6.07, 6.45) is 1.57. The summed E-state index contributed by atoms with van der Waals surface area (Å²) in [4.78, 5) is 19.5. The molecule has 0 atom stereocenters. The molecule has 9 heteroatoms. The normalized spacial score (nSPS) is 14.4. The first kappa shape index (κ1) is 26.1. The number of ether oxygens (including phenoxy) is 1. The van der Waals surface area contributed by atoms with Crippen LogP contribution < -0.4 is 10.1 Å². The van der Waals surface area contributed by atoms with E-state index in [1.165, 1.54) is 12.1 Å². The lowest BCUT2D eigenvalue weighted by atomic mass is 9.96. The van der Waals surface area contributed by atoms with E-state index in [-0.39, 0.29) is 17.6 Å². The minimum absolute atomic E-state index is 0.00974. The molecule has 3 aromatic carbocycles. The average Bonchev–Trinajstić information content (AvgIpc) is 3.41. The number of rotatable bonds is 9. The lowest BCUT2D eigenvalue weighted by molar-refractivity contribution is -0.126. The second kappa shape index (κ2) is 12.3. The monoisotopic (exact) mass is 578 g/mol. The molecule has 5 rings (SSSR count). The van der Waals surface area contributed by atoms with Crippen molar-refractivity contribution in [3.63, 3.8) is 0 Å². The summed E-state index contributed by atoms with van der Waals surface area (Å²) >= 11 is 3.46. The maximum atomic E-state index is 13.0. The van der Waals surface area contributed by atoms with Crippen molar-refractivity contribution in [3.05, 3.63) is 100 Å². The highest BCUT2D eigenvalue weighted by Crippen LogP contribution is 2.23. The van der Waals surface area contributed by atoms with Gasteiger partial charge in [0, 0.05) is 22.5 Å². The Hall–Kier alpha value is -3.56. The van der Waals surface area contributed by atoms with Crippen molar-refractivity contribution in [2.24, 2.45) is 5.92 Å². The maximum Gasteiger partial charge on any atom is 0.241 e. The molecule has 0 spiro atoms. The summed E-state index contributed by atoms with van der Waals surface area (Å²) < 4.78 is 25.2. The van der Waals surface area contributed by atoms with Gasteiger partial charge < -0.3 is 14.6 Å².